The number of nitrogens with one attached hydrogen (secondary N) is 1. The van der Waals surface area contributed by atoms with E-state index in [4.69, 9.17) is 16.3 Å². The third-order valence-corrected chi connectivity index (χ3v) is 6.35. The number of aromatic nitrogens is 2. The van der Waals surface area contributed by atoms with E-state index in [1.807, 2.05) is 24.3 Å². The summed E-state index contributed by atoms with van der Waals surface area (Å²) in [6.07, 6.45) is 1.15. The van der Waals surface area contributed by atoms with Crippen LogP contribution in [-0.2, 0) is 26.5 Å². The lowest BCUT2D eigenvalue weighted by molar-refractivity contribution is -0.148. The number of thioether (sulfide) groups is 1. The maximum Gasteiger partial charge on any atom is 0.308 e. The Hall–Kier alpha value is -2.32. The van der Waals surface area contributed by atoms with Gasteiger partial charge in [-0.05, 0) is 37.5 Å². The molecule has 2 aromatic rings. The lowest BCUT2D eigenvalue weighted by Gasteiger charge is -2.30. The number of halogens is 1. The van der Waals surface area contributed by atoms with Crippen molar-refractivity contribution in [1.82, 2.24) is 14.9 Å². The first-order valence-electron chi connectivity index (χ1n) is 9.70. The van der Waals surface area contributed by atoms with Crippen LogP contribution >= 0.6 is 23.4 Å². The van der Waals surface area contributed by atoms with Gasteiger partial charge in [-0.15, -0.1) is 0 Å². The summed E-state index contributed by atoms with van der Waals surface area (Å²) in [5.74, 6) is 0.0928. The van der Waals surface area contributed by atoms with Crippen molar-refractivity contribution in [3.63, 3.8) is 0 Å². The number of nitrogens with zero attached hydrogens (tertiary/aromatic N) is 2. The Balaban J connectivity index is 1.61. The highest BCUT2D eigenvalue weighted by Gasteiger charge is 2.28. The molecule has 1 aliphatic rings. The number of likely N-dealkylation sites (tertiary alicyclic amines) is 1. The fraction of sp³-hybridized carbons (Fsp3) is 0.429. The molecule has 160 valence electrons. The van der Waals surface area contributed by atoms with Crippen LogP contribution in [0, 0.1) is 12.8 Å². The van der Waals surface area contributed by atoms with Crippen molar-refractivity contribution in [3.05, 3.63) is 56.5 Å². The van der Waals surface area contributed by atoms with Crippen LogP contribution in [0.25, 0.3) is 0 Å². The number of amides is 1. The molecule has 1 N–H and O–H groups in total. The van der Waals surface area contributed by atoms with Crippen molar-refractivity contribution in [2.24, 2.45) is 5.92 Å². The molecule has 1 saturated heterocycles. The topological polar surface area (TPSA) is 92.4 Å². The molecule has 0 saturated carbocycles. The quantitative estimate of drug-likeness (QED) is 0.414. The number of methoxy groups -OCH3 is 1. The van der Waals surface area contributed by atoms with Crippen molar-refractivity contribution in [2.45, 2.75) is 37.1 Å². The van der Waals surface area contributed by atoms with E-state index in [1.165, 1.54) is 18.9 Å². The van der Waals surface area contributed by atoms with Gasteiger partial charge in [0.25, 0.3) is 5.56 Å². The van der Waals surface area contributed by atoms with Gasteiger partial charge in [0.15, 0.2) is 5.16 Å². The van der Waals surface area contributed by atoms with Crippen molar-refractivity contribution in [2.75, 3.05) is 20.2 Å². The maximum atomic E-state index is 12.7. The molecule has 0 bridgehead atoms. The van der Waals surface area contributed by atoms with E-state index in [1.54, 1.807) is 11.8 Å². The van der Waals surface area contributed by atoms with E-state index in [9.17, 15) is 14.4 Å². The molecule has 1 aromatic carbocycles. The molecule has 0 aliphatic carbocycles. The Morgan fingerprint density at radius 1 is 1.33 bits per heavy atom. The van der Waals surface area contributed by atoms with Crippen molar-refractivity contribution >= 4 is 35.2 Å². The van der Waals surface area contributed by atoms with Crippen LogP contribution in [0.1, 0.15) is 29.7 Å². The molecule has 2 heterocycles. The van der Waals surface area contributed by atoms with Crippen molar-refractivity contribution in [1.29, 1.82) is 0 Å². The van der Waals surface area contributed by atoms with Crippen LogP contribution in [0.3, 0.4) is 0 Å². The first-order valence-corrected chi connectivity index (χ1v) is 11.1. The minimum atomic E-state index is -0.297. The van der Waals surface area contributed by atoms with Crippen LogP contribution < -0.4 is 5.56 Å². The van der Waals surface area contributed by atoms with Gasteiger partial charge in [-0.2, -0.15) is 0 Å². The summed E-state index contributed by atoms with van der Waals surface area (Å²) in [5.41, 5.74) is 1.66. The monoisotopic (exact) mass is 449 g/mol. The average molecular weight is 450 g/mol. The molecule has 0 unspecified atom stereocenters. The zero-order valence-electron chi connectivity index (χ0n) is 16.9. The fourth-order valence-electron chi connectivity index (χ4n) is 3.43. The van der Waals surface area contributed by atoms with Crippen molar-refractivity contribution < 1.29 is 14.3 Å². The number of ether oxygens (including phenoxy) is 1. The van der Waals surface area contributed by atoms with Gasteiger partial charge in [0.05, 0.1) is 19.4 Å². The molecular formula is C21H24ClN3O4S. The lowest BCUT2D eigenvalue weighted by atomic mass is 9.96. The van der Waals surface area contributed by atoms with Crippen LogP contribution in [0.4, 0.5) is 0 Å². The Kier molecular flexibility index (Phi) is 7.55. The largest absolute Gasteiger partial charge is 0.469 e. The molecule has 0 spiro atoms. The summed E-state index contributed by atoms with van der Waals surface area (Å²) < 4.78 is 4.77. The van der Waals surface area contributed by atoms with Gasteiger partial charge in [-0.3, -0.25) is 14.4 Å². The third-order valence-electron chi connectivity index (χ3n) is 5.18. The van der Waals surface area contributed by atoms with Gasteiger partial charge in [-0.1, -0.05) is 35.5 Å². The number of piperidine rings is 1. The summed E-state index contributed by atoms with van der Waals surface area (Å²) in [4.78, 5) is 45.8. The van der Waals surface area contributed by atoms with Gasteiger partial charge in [0.2, 0.25) is 5.91 Å². The zero-order valence-corrected chi connectivity index (χ0v) is 18.5. The van der Waals surface area contributed by atoms with Gasteiger partial charge < -0.3 is 14.6 Å². The maximum absolute atomic E-state index is 12.7. The Labute approximate surface area is 184 Å². The second-order valence-electron chi connectivity index (χ2n) is 7.21. The molecule has 1 aromatic heterocycles. The van der Waals surface area contributed by atoms with E-state index in [2.05, 4.69) is 9.97 Å². The van der Waals surface area contributed by atoms with Crippen LogP contribution in [0.2, 0.25) is 5.02 Å². The molecule has 9 heteroatoms. The molecule has 1 aliphatic heterocycles. The number of rotatable bonds is 6. The van der Waals surface area contributed by atoms with Crippen LogP contribution in [0.15, 0.2) is 34.2 Å². The van der Waals surface area contributed by atoms with Crippen LogP contribution in [0.5, 0.6) is 0 Å². The number of aromatic amines is 1. The zero-order chi connectivity index (χ0) is 21.7. The number of hydrogen-bond donors (Lipinski definition) is 1. The minimum Gasteiger partial charge on any atom is -0.469 e. The molecule has 0 atom stereocenters. The average Bonchev–Trinajstić information content (AvgIpc) is 2.74. The second kappa shape index (κ2) is 10.1. The van der Waals surface area contributed by atoms with E-state index in [-0.39, 0.29) is 29.8 Å². The number of esters is 1. The van der Waals surface area contributed by atoms with E-state index in [0.717, 1.165) is 5.56 Å². The normalized spacial score (nSPS) is 14.6. The van der Waals surface area contributed by atoms with E-state index >= 15 is 0 Å². The van der Waals surface area contributed by atoms with Gasteiger partial charge in [0, 0.05) is 35.1 Å². The van der Waals surface area contributed by atoms with E-state index in [0.29, 0.717) is 53.1 Å². The number of hydrogen-bond acceptors (Lipinski definition) is 6. The molecule has 3 rings (SSSR count). The fourth-order valence-corrected chi connectivity index (χ4v) is 4.50. The molecule has 0 radical (unpaired) electrons. The summed E-state index contributed by atoms with van der Waals surface area (Å²) in [6.45, 7) is 2.71. The summed E-state index contributed by atoms with van der Waals surface area (Å²) in [7, 11) is 1.37. The smallest absolute Gasteiger partial charge is 0.308 e. The predicted molar refractivity (Wildman–Crippen MR) is 116 cm³/mol. The molecular weight excluding hydrogens is 426 g/mol. The third kappa shape index (κ3) is 5.64. The number of carbonyl (C=O) groups excluding carboxylic acids is 2. The molecule has 1 fully saturated rings. The Bertz CT molecular complexity index is 986. The highest BCUT2D eigenvalue weighted by molar-refractivity contribution is 7.98. The first-order chi connectivity index (χ1) is 14.4. The molecule has 7 nitrogen and oxygen atoms in total. The Morgan fingerprint density at radius 2 is 2.07 bits per heavy atom. The summed E-state index contributed by atoms with van der Waals surface area (Å²) >= 11 is 7.41. The number of benzene rings is 1. The second-order valence-corrected chi connectivity index (χ2v) is 8.61. The number of H-pyrrole nitrogens is 1. The molecule has 30 heavy (non-hydrogen) atoms. The minimum absolute atomic E-state index is 0.00367. The standard InChI is InChI=1S/C21H24ClN3O4S/c1-13-17(11-18(26)25-8-6-15(7-9-25)20(28)29-2)19(27)24-21(23-13)30-12-14-4-3-5-16(22)10-14/h3-5,10,15H,6-9,11-12H2,1-2H3,(H,23,24,27). The first kappa shape index (κ1) is 22.4. The Morgan fingerprint density at radius 3 is 2.70 bits per heavy atom. The lowest BCUT2D eigenvalue weighted by Crippen LogP contribution is -2.42. The van der Waals surface area contributed by atoms with E-state index < -0.39 is 0 Å². The van der Waals surface area contributed by atoms with Gasteiger partial charge in [-0.25, -0.2) is 4.98 Å². The summed E-state index contributed by atoms with van der Waals surface area (Å²) in [6, 6.07) is 7.52. The van der Waals surface area contributed by atoms with Crippen molar-refractivity contribution in [3.8, 4) is 0 Å². The van der Waals surface area contributed by atoms with Gasteiger partial charge in [0.1, 0.15) is 0 Å². The highest BCUT2D eigenvalue weighted by Crippen LogP contribution is 2.22. The molecule has 1 amide bonds. The summed E-state index contributed by atoms with van der Waals surface area (Å²) in [5, 5.41) is 1.17. The number of aryl methyl sites for hydroxylation is 1. The predicted octanol–water partition coefficient (Wildman–Crippen LogP) is 2.98. The van der Waals surface area contributed by atoms with Gasteiger partial charge >= 0.3 is 5.97 Å². The number of carbonyl (C=O) groups is 2. The highest BCUT2D eigenvalue weighted by atomic mass is 35.5. The van der Waals surface area contributed by atoms with Crippen LogP contribution in [-0.4, -0.2) is 46.9 Å². The SMILES string of the molecule is COC(=O)C1CCN(C(=O)Cc2c(C)nc(SCc3cccc(Cl)c3)[nH]c2=O)CC1.